The molecule has 1 unspecified atom stereocenters. The summed E-state index contributed by atoms with van der Waals surface area (Å²) in [5, 5.41) is 3.83. The number of ether oxygens (including phenoxy) is 1. The number of rotatable bonds is 4. The molecule has 25 heavy (non-hydrogen) atoms. The maximum atomic E-state index is 13.5. The van der Waals surface area contributed by atoms with Gasteiger partial charge in [0.2, 0.25) is 0 Å². The summed E-state index contributed by atoms with van der Waals surface area (Å²) >= 11 is 1.52. The zero-order chi connectivity index (χ0) is 18.0. The minimum atomic E-state index is -0.888. The molecule has 3 rings (SSSR count). The molecule has 0 spiro atoms. The van der Waals surface area contributed by atoms with Crippen LogP contribution in [0.25, 0.3) is 0 Å². The lowest BCUT2D eigenvalue weighted by Crippen LogP contribution is -2.22. The number of hydrogen-bond acceptors (Lipinski definition) is 4. The highest BCUT2D eigenvalue weighted by Gasteiger charge is 2.24. The van der Waals surface area contributed by atoms with E-state index in [0.717, 1.165) is 37.0 Å². The van der Waals surface area contributed by atoms with E-state index >= 15 is 0 Å². The first kappa shape index (κ1) is 17.5. The molecule has 0 saturated heterocycles. The number of carbonyl (C=O) groups excluding carboxylic acids is 2. The van der Waals surface area contributed by atoms with Crippen LogP contribution in [-0.2, 0) is 22.4 Å². The average molecular weight is 365 g/mol. The first-order valence-electron chi connectivity index (χ1n) is 7.96. The van der Waals surface area contributed by atoms with Gasteiger partial charge in [-0.1, -0.05) is 13.0 Å². The van der Waals surface area contributed by atoms with Crippen LogP contribution in [-0.4, -0.2) is 18.5 Å². The average Bonchev–Trinajstić information content (AvgIpc) is 2.99. The summed E-state index contributed by atoms with van der Waals surface area (Å²) in [7, 11) is 0. The van der Waals surface area contributed by atoms with Crippen LogP contribution in [0, 0.1) is 17.6 Å². The van der Waals surface area contributed by atoms with Gasteiger partial charge in [0.15, 0.2) is 6.61 Å². The highest BCUT2D eigenvalue weighted by molar-refractivity contribution is 7.10. The maximum Gasteiger partial charge on any atom is 0.339 e. The van der Waals surface area contributed by atoms with Gasteiger partial charge in [-0.2, -0.15) is 0 Å². The predicted molar refractivity (Wildman–Crippen MR) is 90.8 cm³/mol. The smallest absolute Gasteiger partial charge is 0.339 e. The van der Waals surface area contributed by atoms with Crippen molar-refractivity contribution < 1.29 is 23.1 Å². The Hall–Kier alpha value is -2.28. The van der Waals surface area contributed by atoms with Gasteiger partial charge >= 0.3 is 5.97 Å². The monoisotopic (exact) mass is 365 g/mol. The number of anilines is 1. The van der Waals surface area contributed by atoms with Crippen molar-refractivity contribution in [2.45, 2.75) is 26.2 Å². The molecule has 1 aromatic heterocycles. The fourth-order valence-electron chi connectivity index (χ4n) is 2.85. The molecule has 0 saturated carbocycles. The van der Waals surface area contributed by atoms with E-state index in [2.05, 4.69) is 12.2 Å². The van der Waals surface area contributed by atoms with Crippen molar-refractivity contribution in [1.82, 2.24) is 0 Å². The van der Waals surface area contributed by atoms with E-state index in [4.69, 9.17) is 4.74 Å². The number of halogens is 2. The number of thiophene rings is 1. The largest absolute Gasteiger partial charge is 0.452 e. The standard InChI is InChI=1S/C18H17F2NO3S/c1-10-5-6-11-12(9-25-15(11)7-10)18(23)24-8-16(22)21-17-13(19)3-2-4-14(17)20/h2-4,9-10H,5-8H2,1H3,(H,21,22). The van der Waals surface area contributed by atoms with Crippen molar-refractivity contribution in [1.29, 1.82) is 0 Å². The molecule has 132 valence electrons. The molecule has 1 aliphatic carbocycles. The van der Waals surface area contributed by atoms with Crippen molar-refractivity contribution >= 4 is 28.9 Å². The third-order valence-corrected chi connectivity index (χ3v) is 5.23. The minimum absolute atomic E-state index is 0.483. The van der Waals surface area contributed by atoms with Gasteiger partial charge in [0.25, 0.3) is 5.91 Å². The van der Waals surface area contributed by atoms with Crippen LogP contribution in [0.2, 0.25) is 0 Å². The lowest BCUT2D eigenvalue weighted by atomic mass is 9.88. The number of amides is 1. The Balaban J connectivity index is 1.60. The van der Waals surface area contributed by atoms with E-state index in [-0.39, 0.29) is 0 Å². The van der Waals surface area contributed by atoms with Gasteiger partial charge in [0, 0.05) is 10.3 Å². The summed E-state index contributed by atoms with van der Waals surface area (Å²) < 4.78 is 32.0. The topological polar surface area (TPSA) is 55.4 Å². The van der Waals surface area contributed by atoms with Crippen LogP contribution in [0.15, 0.2) is 23.6 Å². The summed E-state index contributed by atoms with van der Waals surface area (Å²) in [6.07, 6.45) is 2.77. The van der Waals surface area contributed by atoms with Crippen molar-refractivity contribution in [3.63, 3.8) is 0 Å². The Morgan fingerprint density at radius 1 is 1.32 bits per heavy atom. The molecular weight excluding hydrogens is 348 g/mol. The zero-order valence-corrected chi connectivity index (χ0v) is 14.4. The van der Waals surface area contributed by atoms with E-state index in [0.29, 0.717) is 11.5 Å². The van der Waals surface area contributed by atoms with Gasteiger partial charge in [-0.15, -0.1) is 11.3 Å². The molecule has 1 N–H and O–H groups in total. The molecule has 7 heteroatoms. The Bertz CT molecular complexity index is 798. The van der Waals surface area contributed by atoms with Crippen molar-refractivity contribution in [3.05, 3.63) is 51.2 Å². The zero-order valence-electron chi connectivity index (χ0n) is 13.6. The van der Waals surface area contributed by atoms with Crippen molar-refractivity contribution in [3.8, 4) is 0 Å². The molecule has 0 aliphatic heterocycles. The van der Waals surface area contributed by atoms with Crippen LogP contribution in [0.4, 0.5) is 14.5 Å². The first-order chi connectivity index (χ1) is 12.0. The van der Waals surface area contributed by atoms with Crippen LogP contribution in [0.1, 0.15) is 34.1 Å². The van der Waals surface area contributed by atoms with Crippen molar-refractivity contribution in [2.75, 3.05) is 11.9 Å². The van der Waals surface area contributed by atoms with E-state index < -0.39 is 35.8 Å². The van der Waals surface area contributed by atoms with E-state index in [9.17, 15) is 18.4 Å². The minimum Gasteiger partial charge on any atom is -0.452 e. The fraction of sp³-hybridized carbons (Fsp3) is 0.333. The van der Waals surface area contributed by atoms with Crippen LogP contribution >= 0.6 is 11.3 Å². The Labute approximate surface area is 147 Å². The van der Waals surface area contributed by atoms with Crippen LogP contribution in [0.5, 0.6) is 0 Å². The summed E-state index contributed by atoms with van der Waals surface area (Å²) in [6.45, 7) is 1.57. The number of nitrogens with one attached hydrogen (secondary N) is 1. The molecule has 1 amide bonds. The SMILES string of the molecule is CC1CCc2c(C(=O)OCC(=O)Nc3c(F)cccc3F)csc2C1. The summed E-state index contributed by atoms with van der Waals surface area (Å²) in [5.74, 6) is -2.57. The molecule has 1 aromatic carbocycles. The van der Waals surface area contributed by atoms with E-state index in [1.807, 2.05) is 0 Å². The molecule has 0 fully saturated rings. The molecular formula is C18H17F2NO3S. The first-order valence-corrected chi connectivity index (χ1v) is 8.84. The Kier molecular flexibility index (Phi) is 5.13. The second-order valence-electron chi connectivity index (χ2n) is 6.12. The third kappa shape index (κ3) is 3.87. The van der Waals surface area contributed by atoms with Gasteiger partial charge in [-0.3, -0.25) is 4.79 Å². The third-order valence-electron chi connectivity index (χ3n) is 4.18. The highest BCUT2D eigenvalue weighted by Crippen LogP contribution is 2.33. The molecule has 2 aromatic rings. The normalized spacial score (nSPS) is 16.2. The maximum absolute atomic E-state index is 13.5. The molecule has 0 radical (unpaired) electrons. The van der Waals surface area contributed by atoms with Gasteiger partial charge in [0.1, 0.15) is 17.3 Å². The van der Waals surface area contributed by atoms with Gasteiger partial charge < -0.3 is 10.1 Å². The Morgan fingerprint density at radius 2 is 2.04 bits per heavy atom. The number of esters is 1. The molecule has 0 bridgehead atoms. The van der Waals surface area contributed by atoms with E-state index in [1.54, 1.807) is 5.38 Å². The molecule has 1 atom stereocenters. The molecule has 1 aliphatic rings. The summed E-state index contributed by atoms with van der Waals surface area (Å²) in [6, 6.07) is 3.26. The lowest BCUT2D eigenvalue weighted by molar-refractivity contribution is -0.119. The second-order valence-corrected chi connectivity index (χ2v) is 7.08. The summed E-state index contributed by atoms with van der Waals surface area (Å²) in [5.41, 5.74) is 0.927. The number of benzene rings is 1. The fourth-order valence-corrected chi connectivity index (χ4v) is 4.08. The molecule has 4 nitrogen and oxygen atoms in total. The number of hydrogen-bond donors (Lipinski definition) is 1. The lowest BCUT2D eigenvalue weighted by Gasteiger charge is -2.18. The number of fused-ring (bicyclic) bond motifs is 1. The predicted octanol–water partition coefficient (Wildman–Crippen LogP) is 3.95. The quantitative estimate of drug-likeness (QED) is 0.835. The number of para-hydroxylation sites is 1. The highest BCUT2D eigenvalue weighted by atomic mass is 32.1. The van der Waals surface area contributed by atoms with Crippen LogP contribution in [0.3, 0.4) is 0 Å². The van der Waals surface area contributed by atoms with Gasteiger partial charge in [-0.25, -0.2) is 13.6 Å². The Morgan fingerprint density at radius 3 is 2.76 bits per heavy atom. The summed E-state index contributed by atoms with van der Waals surface area (Å²) in [4.78, 5) is 25.2. The van der Waals surface area contributed by atoms with Gasteiger partial charge in [0.05, 0.1) is 5.56 Å². The molecule has 1 heterocycles. The second kappa shape index (κ2) is 7.31. The van der Waals surface area contributed by atoms with Crippen molar-refractivity contribution in [2.24, 2.45) is 5.92 Å². The number of carbonyl (C=O) groups is 2. The van der Waals surface area contributed by atoms with Crippen LogP contribution < -0.4 is 5.32 Å². The van der Waals surface area contributed by atoms with Gasteiger partial charge in [-0.05, 0) is 42.9 Å². The van der Waals surface area contributed by atoms with E-state index in [1.165, 1.54) is 22.3 Å².